The molecule has 1 aliphatic heterocycles. The van der Waals surface area contributed by atoms with E-state index in [0.29, 0.717) is 35.1 Å². The number of amides is 2. The molecule has 32 heavy (non-hydrogen) atoms. The molecule has 0 radical (unpaired) electrons. The van der Waals surface area contributed by atoms with Crippen molar-refractivity contribution in [1.82, 2.24) is 14.9 Å². The Morgan fingerprint density at radius 2 is 1.81 bits per heavy atom. The normalized spacial score (nSPS) is 19.2. The Hall–Kier alpha value is -2.83. The summed E-state index contributed by atoms with van der Waals surface area (Å²) in [5, 5.41) is 2.75. The fraction of sp³-hybridized carbons (Fsp3) is 0.520. The second kappa shape index (κ2) is 10.2. The summed E-state index contributed by atoms with van der Waals surface area (Å²) in [6.07, 6.45) is 11.1. The van der Waals surface area contributed by atoms with E-state index < -0.39 is 0 Å². The van der Waals surface area contributed by atoms with Gasteiger partial charge in [0.15, 0.2) is 5.82 Å². The van der Waals surface area contributed by atoms with Crippen LogP contribution in [0.3, 0.4) is 0 Å². The minimum atomic E-state index is -0.360. The summed E-state index contributed by atoms with van der Waals surface area (Å²) in [6.45, 7) is 2.52. The molecule has 1 aromatic heterocycles. The van der Waals surface area contributed by atoms with E-state index in [1.54, 1.807) is 6.92 Å². The quantitative estimate of drug-likeness (QED) is 0.673. The van der Waals surface area contributed by atoms with Crippen molar-refractivity contribution in [2.24, 2.45) is 5.92 Å². The average Bonchev–Trinajstić information content (AvgIpc) is 3.32. The number of anilines is 1. The molecule has 2 aromatic rings. The molecular weight excluding hydrogens is 407 g/mol. The van der Waals surface area contributed by atoms with Crippen molar-refractivity contribution in [3.05, 3.63) is 53.4 Å². The molecule has 1 aromatic carbocycles. The highest BCUT2D eigenvalue weighted by Crippen LogP contribution is 2.32. The smallest absolute Gasteiger partial charge is 0.259 e. The lowest BCUT2D eigenvalue weighted by Gasteiger charge is -2.35. The number of aromatic nitrogens is 2. The van der Waals surface area contributed by atoms with Crippen LogP contribution in [-0.4, -0.2) is 33.2 Å². The Labute approximate surface area is 188 Å². The van der Waals surface area contributed by atoms with Crippen molar-refractivity contribution in [1.29, 1.82) is 0 Å². The first-order valence-corrected chi connectivity index (χ1v) is 11.7. The Balaban J connectivity index is 1.44. The van der Waals surface area contributed by atoms with Gasteiger partial charge in [0.05, 0.1) is 17.3 Å². The number of hydrogen-bond donors (Lipinski definition) is 1. The molecule has 0 bridgehead atoms. The number of benzene rings is 1. The molecule has 170 valence electrons. The van der Waals surface area contributed by atoms with Gasteiger partial charge < -0.3 is 10.2 Å². The van der Waals surface area contributed by atoms with Gasteiger partial charge in [-0.1, -0.05) is 25.7 Å². The van der Waals surface area contributed by atoms with E-state index in [-0.39, 0.29) is 23.7 Å². The van der Waals surface area contributed by atoms with Crippen molar-refractivity contribution in [2.45, 2.75) is 70.8 Å². The molecule has 1 aliphatic carbocycles. The van der Waals surface area contributed by atoms with Crippen LogP contribution in [0.4, 0.5) is 10.1 Å². The van der Waals surface area contributed by atoms with Crippen molar-refractivity contribution < 1.29 is 14.0 Å². The zero-order chi connectivity index (χ0) is 22.5. The fourth-order valence-corrected chi connectivity index (χ4v) is 4.87. The van der Waals surface area contributed by atoms with E-state index in [0.717, 1.165) is 32.2 Å². The summed E-state index contributed by atoms with van der Waals surface area (Å²) in [5.41, 5.74) is 1.44. The van der Waals surface area contributed by atoms with Crippen LogP contribution in [0.15, 0.2) is 30.5 Å². The molecule has 2 heterocycles. The van der Waals surface area contributed by atoms with E-state index >= 15 is 0 Å². The first-order chi connectivity index (χ1) is 15.5. The molecule has 1 saturated heterocycles. The number of halogens is 1. The van der Waals surface area contributed by atoms with Gasteiger partial charge in [-0.15, -0.1) is 0 Å². The molecule has 2 aliphatic rings. The molecule has 1 saturated carbocycles. The first kappa shape index (κ1) is 22.4. The number of nitrogens with zero attached hydrogens (tertiary/aromatic N) is 3. The third-order valence-electron chi connectivity index (χ3n) is 6.71. The van der Waals surface area contributed by atoms with Gasteiger partial charge in [-0.3, -0.25) is 9.59 Å². The van der Waals surface area contributed by atoms with E-state index in [2.05, 4.69) is 15.3 Å². The van der Waals surface area contributed by atoms with Gasteiger partial charge in [-0.25, -0.2) is 14.4 Å². The minimum absolute atomic E-state index is 0.132. The lowest BCUT2D eigenvalue weighted by molar-refractivity contribution is -0.135. The van der Waals surface area contributed by atoms with E-state index in [1.807, 2.05) is 4.90 Å². The third kappa shape index (κ3) is 5.31. The number of nitrogens with one attached hydrogen (secondary N) is 1. The van der Waals surface area contributed by atoms with Crippen molar-refractivity contribution in [3.63, 3.8) is 0 Å². The van der Waals surface area contributed by atoms with Crippen molar-refractivity contribution in [3.8, 4) is 0 Å². The van der Waals surface area contributed by atoms with E-state index in [4.69, 9.17) is 0 Å². The number of hydrogen-bond acceptors (Lipinski definition) is 4. The summed E-state index contributed by atoms with van der Waals surface area (Å²) in [5.74, 6) is 0.797. The highest BCUT2D eigenvalue weighted by molar-refractivity contribution is 6.04. The van der Waals surface area contributed by atoms with Gasteiger partial charge >= 0.3 is 0 Å². The topological polar surface area (TPSA) is 75.2 Å². The molecule has 0 unspecified atom stereocenters. The molecule has 1 N–H and O–H groups in total. The standard InChI is InChI=1S/C25H31FN4O2/c1-17-21(25(32)29-20-12-10-19(26)11-13-20)16-27-24(28-17)22-8-4-5-15-30(22)23(31)14-9-18-6-2-3-7-18/h10-13,16,18,22H,2-9,14-15H2,1H3,(H,29,32)/t22-/m0/s1. The van der Waals surface area contributed by atoms with Gasteiger partial charge in [0.1, 0.15) is 5.82 Å². The van der Waals surface area contributed by atoms with Gasteiger partial charge in [-0.2, -0.15) is 0 Å². The summed E-state index contributed by atoms with van der Waals surface area (Å²) < 4.78 is 13.1. The minimum Gasteiger partial charge on any atom is -0.332 e. The van der Waals surface area contributed by atoms with Crippen LogP contribution in [0, 0.1) is 18.7 Å². The summed E-state index contributed by atoms with van der Waals surface area (Å²) in [4.78, 5) is 36.7. The highest BCUT2D eigenvalue weighted by Gasteiger charge is 2.31. The number of piperidine rings is 1. The van der Waals surface area contributed by atoms with Gasteiger partial charge in [0, 0.05) is 24.8 Å². The van der Waals surface area contributed by atoms with Crippen LogP contribution in [0.25, 0.3) is 0 Å². The highest BCUT2D eigenvalue weighted by atomic mass is 19.1. The number of likely N-dealkylation sites (tertiary alicyclic amines) is 1. The third-order valence-corrected chi connectivity index (χ3v) is 6.71. The second-order valence-electron chi connectivity index (χ2n) is 8.98. The maximum Gasteiger partial charge on any atom is 0.259 e. The van der Waals surface area contributed by atoms with Gasteiger partial charge in [-0.05, 0) is 62.8 Å². The Bertz CT molecular complexity index is 957. The Morgan fingerprint density at radius 3 is 2.53 bits per heavy atom. The zero-order valence-electron chi connectivity index (χ0n) is 18.6. The number of aryl methyl sites for hydroxylation is 1. The number of carbonyl (C=O) groups excluding carboxylic acids is 2. The predicted molar refractivity (Wildman–Crippen MR) is 121 cm³/mol. The first-order valence-electron chi connectivity index (χ1n) is 11.7. The summed E-state index contributed by atoms with van der Waals surface area (Å²) in [7, 11) is 0. The van der Waals surface area contributed by atoms with Gasteiger partial charge in [0.2, 0.25) is 5.91 Å². The predicted octanol–water partition coefficient (Wildman–Crippen LogP) is 5.20. The zero-order valence-corrected chi connectivity index (χ0v) is 18.6. The maximum atomic E-state index is 13.1. The summed E-state index contributed by atoms with van der Waals surface area (Å²) >= 11 is 0. The van der Waals surface area contributed by atoms with E-state index in [1.165, 1.54) is 56.1 Å². The van der Waals surface area contributed by atoms with E-state index in [9.17, 15) is 14.0 Å². The molecule has 6 nitrogen and oxygen atoms in total. The Morgan fingerprint density at radius 1 is 1.09 bits per heavy atom. The number of rotatable bonds is 6. The van der Waals surface area contributed by atoms with Crippen molar-refractivity contribution >= 4 is 17.5 Å². The van der Waals surface area contributed by atoms with Crippen LogP contribution in [0.5, 0.6) is 0 Å². The van der Waals surface area contributed by atoms with Crippen LogP contribution >= 0.6 is 0 Å². The monoisotopic (exact) mass is 438 g/mol. The number of carbonyl (C=O) groups is 2. The van der Waals surface area contributed by atoms with Crippen LogP contribution in [0.1, 0.15) is 85.7 Å². The van der Waals surface area contributed by atoms with Crippen LogP contribution < -0.4 is 5.32 Å². The summed E-state index contributed by atoms with van der Waals surface area (Å²) in [6, 6.07) is 5.48. The molecule has 1 atom stereocenters. The maximum absolute atomic E-state index is 13.1. The largest absolute Gasteiger partial charge is 0.332 e. The average molecular weight is 439 g/mol. The second-order valence-corrected chi connectivity index (χ2v) is 8.98. The SMILES string of the molecule is Cc1nc([C@@H]2CCCCN2C(=O)CCC2CCCC2)ncc1C(=O)Nc1ccc(F)cc1. The molecular formula is C25H31FN4O2. The van der Waals surface area contributed by atoms with Crippen LogP contribution in [0.2, 0.25) is 0 Å². The molecule has 2 amide bonds. The molecule has 2 fully saturated rings. The lowest BCUT2D eigenvalue weighted by atomic mass is 9.98. The lowest BCUT2D eigenvalue weighted by Crippen LogP contribution is -2.39. The van der Waals surface area contributed by atoms with Crippen LogP contribution in [-0.2, 0) is 4.79 Å². The molecule has 0 spiro atoms. The Kier molecular flexibility index (Phi) is 7.12. The molecule has 7 heteroatoms. The molecule has 4 rings (SSSR count). The fourth-order valence-electron chi connectivity index (χ4n) is 4.87. The van der Waals surface area contributed by atoms with Gasteiger partial charge in [0.25, 0.3) is 5.91 Å². The van der Waals surface area contributed by atoms with Crippen molar-refractivity contribution in [2.75, 3.05) is 11.9 Å².